The van der Waals surface area contributed by atoms with Gasteiger partial charge in [0.25, 0.3) is 5.91 Å². The number of carbonyl (C=O) groups is 2. The number of rotatable bonds is 5. The minimum Gasteiger partial charge on any atom is -0.447 e. The molecule has 0 unspecified atom stereocenters. The van der Waals surface area contributed by atoms with E-state index in [1.54, 1.807) is 4.90 Å². The van der Waals surface area contributed by atoms with Crippen molar-refractivity contribution in [1.82, 2.24) is 20.1 Å². The lowest BCUT2D eigenvalue weighted by molar-refractivity contribution is -0.123. The van der Waals surface area contributed by atoms with E-state index in [4.69, 9.17) is 4.42 Å². The quantitative estimate of drug-likeness (QED) is 0.877. The number of aromatic nitrogens is 1. The second-order valence-corrected chi connectivity index (χ2v) is 6.51. The third-order valence-electron chi connectivity index (χ3n) is 3.80. The highest BCUT2D eigenvalue weighted by Crippen LogP contribution is 2.20. The molecule has 1 aromatic rings. The zero-order chi connectivity index (χ0) is 17.0. The minimum atomic E-state index is -0.0891. The van der Waals surface area contributed by atoms with E-state index in [-0.39, 0.29) is 23.8 Å². The summed E-state index contributed by atoms with van der Waals surface area (Å²) in [5, 5.41) is 2.88. The standard InChI is InChI=1S/C16H26N4O3/c1-11(2)15-14(17-10-23-15)16(22)20-7-5-19(6-8-20)9-13(21)18-12(3)4/h10-12H,5-9H2,1-4H3,(H,18,21). The first-order valence-electron chi connectivity index (χ1n) is 8.12. The van der Waals surface area contributed by atoms with Gasteiger partial charge in [-0.3, -0.25) is 14.5 Å². The largest absolute Gasteiger partial charge is 0.447 e. The number of hydrogen-bond donors (Lipinski definition) is 1. The second kappa shape index (κ2) is 7.59. The molecule has 7 nitrogen and oxygen atoms in total. The van der Waals surface area contributed by atoms with Crippen molar-refractivity contribution in [2.45, 2.75) is 39.7 Å². The lowest BCUT2D eigenvalue weighted by Gasteiger charge is -2.34. The molecule has 0 radical (unpaired) electrons. The first kappa shape index (κ1) is 17.5. The fourth-order valence-electron chi connectivity index (χ4n) is 2.65. The van der Waals surface area contributed by atoms with Gasteiger partial charge in [-0.05, 0) is 13.8 Å². The molecule has 1 aliphatic heterocycles. The van der Waals surface area contributed by atoms with Crippen molar-refractivity contribution < 1.29 is 14.0 Å². The van der Waals surface area contributed by atoms with Crippen LogP contribution in [-0.4, -0.2) is 65.4 Å². The van der Waals surface area contributed by atoms with Gasteiger partial charge in [0.15, 0.2) is 12.1 Å². The van der Waals surface area contributed by atoms with Gasteiger partial charge in [-0.15, -0.1) is 0 Å². The molecule has 128 valence electrons. The molecular weight excluding hydrogens is 296 g/mol. The van der Waals surface area contributed by atoms with Crippen LogP contribution in [-0.2, 0) is 4.79 Å². The Bertz CT molecular complexity index is 545. The van der Waals surface area contributed by atoms with Crippen molar-refractivity contribution in [2.75, 3.05) is 32.7 Å². The number of oxazole rings is 1. The molecule has 1 aromatic heterocycles. The summed E-state index contributed by atoms with van der Waals surface area (Å²) in [4.78, 5) is 32.3. The molecule has 23 heavy (non-hydrogen) atoms. The van der Waals surface area contributed by atoms with Crippen LogP contribution in [0.25, 0.3) is 0 Å². The SMILES string of the molecule is CC(C)NC(=O)CN1CCN(C(=O)c2ncoc2C(C)C)CC1. The molecule has 2 heterocycles. The van der Waals surface area contributed by atoms with Gasteiger partial charge >= 0.3 is 0 Å². The zero-order valence-corrected chi connectivity index (χ0v) is 14.3. The Morgan fingerprint density at radius 1 is 1.22 bits per heavy atom. The molecule has 7 heteroatoms. The predicted octanol–water partition coefficient (Wildman–Crippen LogP) is 1.08. The highest BCUT2D eigenvalue weighted by molar-refractivity contribution is 5.93. The maximum absolute atomic E-state index is 12.6. The molecule has 0 aliphatic carbocycles. The van der Waals surface area contributed by atoms with Gasteiger partial charge in [0, 0.05) is 38.1 Å². The Labute approximate surface area is 137 Å². The third kappa shape index (κ3) is 4.54. The third-order valence-corrected chi connectivity index (χ3v) is 3.80. The summed E-state index contributed by atoms with van der Waals surface area (Å²) in [7, 11) is 0. The Balaban J connectivity index is 1.88. The Morgan fingerprint density at radius 2 is 1.87 bits per heavy atom. The lowest BCUT2D eigenvalue weighted by Crippen LogP contribution is -2.51. The molecule has 2 rings (SSSR count). The van der Waals surface area contributed by atoms with Crippen molar-refractivity contribution in [3.05, 3.63) is 17.8 Å². The zero-order valence-electron chi connectivity index (χ0n) is 14.3. The van der Waals surface area contributed by atoms with Crippen LogP contribution in [0.5, 0.6) is 0 Å². The van der Waals surface area contributed by atoms with E-state index in [2.05, 4.69) is 15.2 Å². The summed E-state index contributed by atoms with van der Waals surface area (Å²) in [5.74, 6) is 0.693. The Hall–Kier alpha value is -1.89. The van der Waals surface area contributed by atoms with Crippen LogP contribution in [0.1, 0.15) is 49.9 Å². The average Bonchev–Trinajstić information content (AvgIpc) is 2.96. The molecule has 0 aromatic carbocycles. The summed E-state index contributed by atoms with van der Waals surface area (Å²) in [6.45, 7) is 10.8. The van der Waals surface area contributed by atoms with Crippen molar-refractivity contribution in [1.29, 1.82) is 0 Å². The molecule has 1 fully saturated rings. The first-order chi connectivity index (χ1) is 10.9. The van der Waals surface area contributed by atoms with E-state index in [1.165, 1.54) is 6.39 Å². The van der Waals surface area contributed by atoms with E-state index >= 15 is 0 Å². The summed E-state index contributed by atoms with van der Waals surface area (Å²) in [6.07, 6.45) is 1.33. The van der Waals surface area contributed by atoms with Crippen LogP contribution in [0.4, 0.5) is 0 Å². The van der Waals surface area contributed by atoms with Crippen molar-refractivity contribution in [3.63, 3.8) is 0 Å². The van der Waals surface area contributed by atoms with Crippen molar-refractivity contribution in [2.24, 2.45) is 0 Å². The topological polar surface area (TPSA) is 78.7 Å². The maximum atomic E-state index is 12.6. The van der Waals surface area contributed by atoms with Gasteiger partial charge in [0.2, 0.25) is 5.91 Å². The van der Waals surface area contributed by atoms with Crippen LogP contribution in [0.3, 0.4) is 0 Å². The highest BCUT2D eigenvalue weighted by atomic mass is 16.3. The maximum Gasteiger partial charge on any atom is 0.276 e. The van der Waals surface area contributed by atoms with E-state index in [0.29, 0.717) is 44.2 Å². The number of hydrogen-bond acceptors (Lipinski definition) is 5. The summed E-state index contributed by atoms with van der Waals surface area (Å²) in [5.41, 5.74) is 0.408. The van der Waals surface area contributed by atoms with Gasteiger partial charge in [0.05, 0.1) is 6.54 Å². The number of carbonyl (C=O) groups excluding carboxylic acids is 2. The molecule has 1 N–H and O–H groups in total. The molecule has 0 saturated carbocycles. The molecule has 1 aliphatic rings. The van der Waals surface area contributed by atoms with Crippen LogP contribution in [0.2, 0.25) is 0 Å². The molecule has 0 atom stereocenters. The number of amides is 2. The summed E-state index contributed by atoms with van der Waals surface area (Å²) >= 11 is 0. The van der Waals surface area contributed by atoms with E-state index in [1.807, 2.05) is 27.7 Å². The van der Waals surface area contributed by atoms with Crippen LogP contribution < -0.4 is 5.32 Å². The highest BCUT2D eigenvalue weighted by Gasteiger charge is 2.27. The number of nitrogens with zero attached hydrogens (tertiary/aromatic N) is 3. The Morgan fingerprint density at radius 3 is 2.43 bits per heavy atom. The smallest absolute Gasteiger partial charge is 0.276 e. The van der Waals surface area contributed by atoms with Crippen molar-refractivity contribution in [3.8, 4) is 0 Å². The molecule has 1 saturated heterocycles. The summed E-state index contributed by atoms with van der Waals surface area (Å²) < 4.78 is 5.33. The fraction of sp³-hybridized carbons (Fsp3) is 0.688. The molecule has 0 bridgehead atoms. The van der Waals surface area contributed by atoms with E-state index in [9.17, 15) is 9.59 Å². The summed E-state index contributed by atoms with van der Waals surface area (Å²) in [6, 6.07) is 0.145. The van der Waals surface area contributed by atoms with Gasteiger partial charge < -0.3 is 14.6 Å². The van der Waals surface area contributed by atoms with Gasteiger partial charge in [-0.25, -0.2) is 4.98 Å². The fourth-order valence-corrected chi connectivity index (χ4v) is 2.65. The lowest BCUT2D eigenvalue weighted by atomic mass is 10.1. The number of piperazine rings is 1. The molecule has 0 spiro atoms. The minimum absolute atomic E-state index is 0.0263. The van der Waals surface area contributed by atoms with Crippen LogP contribution in [0.15, 0.2) is 10.8 Å². The van der Waals surface area contributed by atoms with Crippen molar-refractivity contribution >= 4 is 11.8 Å². The average molecular weight is 322 g/mol. The predicted molar refractivity (Wildman–Crippen MR) is 86.2 cm³/mol. The van der Waals surface area contributed by atoms with Gasteiger partial charge in [0.1, 0.15) is 5.76 Å². The van der Waals surface area contributed by atoms with E-state index in [0.717, 1.165) is 0 Å². The Kier molecular flexibility index (Phi) is 5.76. The van der Waals surface area contributed by atoms with E-state index < -0.39 is 0 Å². The first-order valence-corrected chi connectivity index (χ1v) is 8.12. The monoisotopic (exact) mass is 322 g/mol. The molecule has 2 amide bonds. The second-order valence-electron chi connectivity index (χ2n) is 6.51. The van der Waals surface area contributed by atoms with Crippen LogP contribution in [0, 0.1) is 0 Å². The number of nitrogens with one attached hydrogen (secondary N) is 1. The van der Waals surface area contributed by atoms with Gasteiger partial charge in [-0.1, -0.05) is 13.8 Å². The normalized spacial score (nSPS) is 16.2. The van der Waals surface area contributed by atoms with Crippen LogP contribution >= 0.6 is 0 Å². The molecular formula is C16H26N4O3. The van der Waals surface area contributed by atoms with Gasteiger partial charge in [-0.2, -0.15) is 0 Å².